The lowest BCUT2D eigenvalue weighted by Crippen LogP contribution is -2.62. The lowest BCUT2D eigenvalue weighted by molar-refractivity contribution is -0.155. The van der Waals surface area contributed by atoms with Gasteiger partial charge in [0.15, 0.2) is 0 Å². The van der Waals surface area contributed by atoms with E-state index in [9.17, 15) is 4.79 Å². The van der Waals surface area contributed by atoms with Crippen LogP contribution >= 0.6 is 0 Å². The number of amides is 2. The number of hydrogen-bond donors (Lipinski definition) is 3. The minimum absolute atomic E-state index is 0.0265. The SMILES string of the molecule is CCn1c(-c2cc(N3CCN4CCOC[C@@H]4C3)cnc2[C@H](C)OC)c2c3cc(ccc31)-c1cc(cc(C(F)F)c1)C[C@H](NC(=O)[C@H](C1CCCC1)N1CC[C@]3(CCNC3)C1)C(=O)N1CCC[C@H](N1)C(=O)OCC(C)(C)C2. The molecule has 6 atom stereocenters. The molecule has 1 saturated carbocycles. The molecule has 3 N–H and O–H groups in total. The second-order valence-corrected chi connectivity index (χ2v) is 23.9. The Morgan fingerprint density at radius 3 is 2.61 bits per heavy atom. The van der Waals surface area contributed by atoms with E-state index in [1.165, 1.54) is 11.1 Å². The fourth-order valence-corrected chi connectivity index (χ4v) is 14.0. The van der Waals surface area contributed by atoms with Crippen LogP contribution in [0.4, 0.5) is 14.5 Å². The first kappa shape index (κ1) is 53.0. The van der Waals surface area contributed by atoms with Gasteiger partial charge in [-0.25, -0.2) is 14.2 Å². The molecular weight excluding hydrogens is 969 g/mol. The van der Waals surface area contributed by atoms with Crippen molar-refractivity contribution in [2.24, 2.45) is 16.7 Å². The normalized spacial score (nSPS) is 26.8. The number of esters is 1. The fourth-order valence-electron chi connectivity index (χ4n) is 14.0. The standard InChI is InChI=1S/C59H79F2N9O6/c1-6-69-50-14-13-40-28-45(50)47(53(69)46-29-43(31-63-51(46)37(2)74-5)67-21-20-66-22-23-75-33-44(66)32-67)30-58(3,4)36-76-57(73)48-12-9-18-70(65-48)56(72)49(26-38-24-41(40)27-42(25-38)54(60)61)64-55(71)52(39-10-7-8-11-39)68-19-16-59(35-68)15-17-62-34-59/h13-14,24-25,27-29,31,37,39,44,48-49,52,54,62,65H,6-12,15-23,26,30,32-36H2,1-5H3,(H,64,71)/t37-,44-,48-,49-,52-,59-/m0/s1. The lowest BCUT2D eigenvalue weighted by Gasteiger charge is -2.44. The van der Waals surface area contributed by atoms with E-state index in [1.807, 2.05) is 25.3 Å². The number of likely N-dealkylation sites (tertiary alicyclic amines) is 1. The van der Waals surface area contributed by atoms with Crippen LogP contribution in [0.3, 0.4) is 0 Å². The van der Waals surface area contributed by atoms with E-state index in [0.29, 0.717) is 50.1 Å². The summed E-state index contributed by atoms with van der Waals surface area (Å²) >= 11 is 0. The van der Waals surface area contributed by atoms with Crippen LogP contribution < -0.4 is 21.0 Å². The van der Waals surface area contributed by atoms with Gasteiger partial charge in [-0.2, -0.15) is 0 Å². The number of aromatic nitrogens is 2. The summed E-state index contributed by atoms with van der Waals surface area (Å²) in [6.07, 6.45) is 6.34. The lowest BCUT2D eigenvalue weighted by atomic mass is 9.84. The van der Waals surface area contributed by atoms with Gasteiger partial charge >= 0.3 is 5.97 Å². The Hall–Kier alpha value is -5.04. The highest BCUT2D eigenvalue weighted by molar-refractivity contribution is 5.96. The zero-order chi connectivity index (χ0) is 52.9. The number of carbonyl (C=O) groups excluding carboxylic acids is 3. The van der Waals surface area contributed by atoms with Crippen molar-refractivity contribution in [2.75, 3.05) is 90.7 Å². The molecule has 15 nitrogen and oxygen atoms in total. The van der Waals surface area contributed by atoms with E-state index in [1.54, 1.807) is 13.2 Å². The molecule has 4 aromatic rings. The smallest absolute Gasteiger partial charge is 0.324 e. The number of hydrogen-bond acceptors (Lipinski definition) is 12. The van der Waals surface area contributed by atoms with E-state index >= 15 is 18.4 Å². The number of nitrogens with zero attached hydrogens (tertiary/aromatic N) is 6. The number of benzene rings is 2. The van der Waals surface area contributed by atoms with Gasteiger partial charge in [0.2, 0.25) is 5.91 Å². The third-order valence-electron chi connectivity index (χ3n) is 18.1. The average molecular weight is 1050 g/mol. The van der Waals surface area contributed by atoms with Crippen LogP contribution in [0.2, 0.25) is 0 Å². The number of fused-ring (bicyclic) bond motifs is 7. The molecule has 8 heterocycles. The molecule has 7 aliphatic rings. The zero-order valence-electron chi connectivity index (χ0n) is 45.3. The first-order valence-electron chi connectivity index (χ1n) is 28.4. The maximum absolute atomic E-state index is 15.3. The van der Waals surface area contributed by atoms with Gasteiger partial charge < -0.3 is 34.3 Å². The van der Waals surface area contributed by atoms with E-state index < -0.39 is 41.8 Å². The summed E-state index contributed by atoms with van der Waals surface area (Å²) in [5.74, 6) is -0.919. The van der Waals surface area contributed by atoms with Crippen LogP contribution in [0.5, 0.6) is 0 Å². The quantitative estimate of drug-likeness (QED) is 0.136. The fraction of sp³-hybridized carbons (Fsp3) is 0.627. The molecule has 6 bridgehead atoms. The molecule has 0 unspecified atom stereocenters. The monoisotopic (exact) mass is 1050 g/mol. The van der Waals surface area contributed by atoms with Crippen molar-refractivity contribution in [3.8, 4) is 22.4 Å². The van der Waals surface area contributed by atoms with Gasteiger partial charge in [0.05, 0.1) is 61.3 Å². The molecule has 6 aliphatic heterocycles. The minimum Gasteiger partial charge on any atom is -0.464 e. The van der Waals surface area contributed by atoms with Crippen molar-refractivity contribution in [2.45, 2.75) is 135 Å². The number of hydrazine groups is 1. The molecule has 2 aromatic heterocycles. The molecule has 1 aliphatic carbocycles. The highest BCUT2D eigenvalue weighted by atomic mass is 19.3. The third-order valence-corrected chi connectivity index (χ3v) is 18.1. The van der Waals surface area contributed by atoms with E-state index in [0.717, 1.165) is 142 Å². The minimum atomic E-state index is -2.79. The number of carbonyl (C=O) groups is 3. The highest BCUT2D eigenvalue weighted by Gasteiger charge is 2.47. The van der Waals surface area contributed by atoms with E-state index in [4.69, 9.17) is 19.2 Å². The number of methoxy groups -OCH3 is 1. The summed E-state index contributed by atoms with van der Waals surface area (Å²) in [6.45, 7) is 17.9. The first-order valence-corrected chi connectivity index (χ1v) is 28.4. The molecule has 6 fully saturated rings. The molecule has 1 spiro atoms. The first-order chi connectivity index (χ1) is 36.7. The zero-order valence-corrected chi connectivity index (χ0v) is 45.3. The average Bonchev–Trinajstić information content (AvgIpc) is 4.30. The number of morpholine rings is 1. The topological polar surface area (TPSA) is 146 Å². The molecule has 410 valence electrons. The Kier molecular flexibility index (Phi) is 15.3. The molecule has 5 saturated heterocycles. The number of nitrogens with one attached hydrogen (secondary N) is 3. The predicted molar refractivity (Wildman–Crippen MR) is 289 cm³/mol. The van der Waals surface area contributed by atoms with Crippen molar-refractivity contribution in [3.63, 3.8) is 0 Å². The molecule has 17 heteroatoms. The maximum atomic E-state index is 15.3. The van der Waals surface area contributed by atoms with Crippen LogP contribution in [-0.2, 0) is 48.0 Å². The number of halogens is 2. The van der Waals surface area contributed by atoms with E-state index in [-0.39, 0.29) is 48.0 Å². The number of rotatable bonds is 10. The number of aryl methyl sites for hydroxylation is 1. The van der Waals surface area contributed by atoms with Crippen LogP contribution in [0.1, 0.15) is 114 Å². The second-order valence-electron chi connectivity index (χ2n) is 23.9. The number of ether oxygens (including phenoxy) is 3. The summed E-state index contributed by atoms with van der Waals surface area (Å²) < 4.78 is 51.1. The second kappa shape index (κ2) is 22.0. The molecule has 2 aromatic carbocycles. The van der Waals surface area contributed by atoms with Crippen LogP contribution in [0, 0.1) is 16.7 Å². The van der Waals surface area contributed by atoms with Crippen molar-refractivity contribution in [1.29, 1.82) is 0 Å². The number of anilines is 1. The molecule has 0 radical (unpaired) electrons. The van der Waals surface area contributed by atoms with Crippen LogP contribution in [-0.4, -0.2) is 152 Å². The third kappa shape index (κ3) is 10.6. The highest BCUT2D eigenvalue weighted by Crippen LogP contribution is 2.45. The van der Waals surface area contributed by atoms with Crippen molar-refractivity contribution in [3.05, 3.63) is 71.0 Å². The van der Waals surface area contributed by atoms with Crippen LogP contribution in [0.25, 0.3) is 33.3 Å². The molecule has 76 heavy (non-hydrogen) atoms. The Morgan fingerprint density at radius 2 is 1.83 bits per heavy atom. The summed E-state index contributed by atoms with van der Waals surface area (Å²) in [5.41, 5.74) is 10.2. The Bertz CT molecular complexity index is 2790. The molecule has 2 amide bonds. The van der Waals surface area contributed by atoms with Gasteiger partial charge in [0, 0.05) is 93.3 Å². The number of alkyl halides is 2. The number of piperazine rings is 1. The van der Waals surface area contributed by atoms with Gasteiger partial charge in [0.25, 0.3) is 12.3 Å². The maximum Gasteiger partial charge on any atom is 0.324 e. The molecule has 11 rings (SSSR count). The van der Waals surface area contributed by atoms with Crippen LogP contribution in [0.15, 0.2) is 48.7 Å². The van der Waals surface area contributed by atoms with Gasteiger partial charge in [-0.05, 0) is 130 Å². The summed E-state index contributed by atoms with van der Waals surface area (Å²) in [5, 5.41) is 9.20. The summed E-state index contributed by atoms with van der Waals surface area (Å²) in [4.78, 5) is 56.8. The summed E-state index contributed by atoms with van der Waals surface area (Å²) in [6, 6.07) is 11.3. The van der Waals surface area contributed by atoms with Crippen molar-refractivity contribution < 1.29 is 37.4 Å². The van der Waals surface area contributed by atoms with Gasteiger partial charge in [0.1, 0.15) is 12.1 Å². The molecular formula is C59H79F2N9O6. The Balaban J connectivity index is 1.02. The van der Waals surface area contributed by atoms with Crippen molar-refractivity contribution in [1.82, 2.24) is 40.4 Å². The number of pyridine rings is 1. The Morgan fingerprint density at radius 1 is 0.987 bits per heavy atom. The Labute approximate surface area is 446 Å². The van der Waals surface area contributed by atoms with E-state index in [2.05, 4.69) is 74.3 Å². The number of cyclic esters (lactones) is 1. The van der Waals surface area contributed by atoms with Gasteiger partial charge in [-0.15, -0.1) is 0 Å². The van der Waals surface area contributed by atoms with Gasteiger partial charge in [-0.1, -0.05) is 44.9 Å². The largest absolute Gasteiger partial charge is 0.464 e. The predicted octanol–water partition coefficient (Wildman–Crippen LogP) is 7.45. The van der Waals surface area contributed by atoms with Crippen molar-refractivity contribution >= 4 is 34.4 Å². The summed E-state index contributed by atoms with van der Waals surface area (Å²) in [7, 11) is 1.70. The van der Waals surface area contributed by atoms with Gasteiger partial charge in [-0.3, -0.25) is 34.2 Å².